The minimum absolute atomic E-state index is 0.00225. The molecule has 0 bridgehead atoms. The van der Waals surface area contributed by atoms with E-state index in [4.69, 9.17) is 42.6 Å². The average Bonchev–Trinajstić information content (AvgIpc) is 1.77. The van der Waals surface area contributed by atoms with Crippen LogP contribution in [0.15, 0.2) is 342 Å². The average molecular weight is 2120 g/mol. The van der Waals surface area contributed by atoms with E-state index >= 15 is 8.78 Å². The molecule has 0 atom stereocenters. The number of sulfonamides is 4. The third-order valence-corrected chi connectivity index (χ3v) is 30.8. The number of anilines is 8. The van der Waals surface area contributed by atoms with Gasteiger partial charge < -0.3 is 27.7 Å². The van der Waals surface area contributed by atoms with E-state index in [-0.39, 0.29) is 68.5 Å². The topological polar surface area (TPSA) is 478 Å². The molecule has 0 radical (unpaired) electrons. The van der Waals surface area contributed by atoms with Crippen LogP contribution in [0.3, 0.4) is 0 Å². The summed E-state index contributed by atoms with van der Waals surface area (Å²) in [6.45, 7) is 0. The molecule has 732 valence electrons. The largest absolute Gasteiger partial charge is 0.497 e. The second-order valence-electron chi connectivity index (χ2n) is 30.4. The number of hydrogen-bond acceptors (Lipinski definition) is 31. The second-order valence-corrected chi connectivity index (χ2v) is 40.9. The van der Waals surface area contributed by atoms with Crippen molar-refractivity contribution in [2.24, 2.45) is 0 Å². The fraction of sp³-hybridized carbons (Fsp3) is 0.0101. The molecule has 20 rings (SSSR count). The Bertz CT molecular complexity index is 8470. The van der Waals surface area contributed by atoms with E-state index in [2.05, 4.69) is 69.0 Å². The van der Waals surface area contributed by atoms with Gasteiger partial charge in [0.05, 0.1) is 100 Å². The van der Waals surface area contributed by atoms with E-state index in [1.165, 1.54) is 126 Å². The highest BCUT2D eigenvalue weighted by Crippen LogP contribution is 2.48. The van der Waals surface area contributed by atoms with Gasteiger partial charge in [-0.25, -0.2) is 134 Å². The highest BCUT2D eigenvalue weighted by molar-refractivity contribution is 7.93. The summed E-state index contributed by atoms with van der Waals surface area (Å²) in [5.74, 6) is -9.17. The van der Waals surface area contributed by atoms with Crippen molar-refractivity contribution in [2.45, 2.75) is 19.6 Å². The Morgan fingerprint density at radius 1 is 0.288 bits per heavy atom. The van der Waals surface area contributed by atoms with Crippen molar-refractivity contribution >= 4 is 132 Å². The van der Waals surface area contributed by atoms with E-state index < -0.39 is 107 Å². The van der Waals surface area contributed by atoms with Crippen LogP contribution < -0.4 is 46.6 Å². The number of methoxy groups -OCH3 is 1. The molecule has 0 aliphatic rings. The van der Waals surface area contributed by atoms with E-state index in [0.29, 0.717) is 90.7 Å². The van der Waals surface area contributed by atoms with Crippen LogP contribution in [0.5, 0.6) is 5.75 Å². The molecule has 0 fully saturated rings. The number of halogens is 8. The summed E-state index contributed by atoms with van der Waals surface area (Å²) in [6.07, 6.45) is 8.73. The van der Waals surface area contributed by atoms with Crippen molar-refractivity contribution in [3.05, 3.63) is 369 Å². The van der Waals surface area contributed by atoms with Gasteiger partial charge in [-0.2, -0.15) is 0 Å². The van der Waals surface area contributed by atoms with Gasteiger partial charge in [0.25, 0.3) is 40.1 Å². The molecule has 146 heavy (non-hydrogen) atoms. The standard InChI is InChI=1S/C26H18F3N5O3S2.C25H18FN5O2S2.2C24H16F2N6O2S2/c1-37-15-12-16(21(29)20(13-15)34-39(35,36)24-17(27)8-5-9-18(24)28)22-23(19-10-11-31-26(30)32-19)38-25(33-22)14-6-3-2-4-7-14;26-21-18(12-7-13-19(21)31-35(32,33)17-10-5-2-6-11-17)22-23(20-14-15-28-25(27)29-20)34-24(30-22)16-8-3-1-4-9-16;25-15-8-4-9-16(26)22(15)36(33,34)32-19-11-5-10-17(29-19)20-21(18-12-13-28-24(27)30-18)35-23(31-20)14-6-2-1-3-7-14;25-17-7-4-8-18(26)22(17)36(33,34)32-16-11-15(12-28-13-16)20-21(19-9-10-29-24(27)30-19)35-23(31-20)14-5-2-1-3-6-14/h2-13,34H,1H3,(H2,30,31,32);1-15,31H,(H2,27,28,29);1-13H,(H,29,32)(H2,27,28,30);1-13,32H,(H2,27,29,30). The summed E-state index contributed by atoms with van der Waals surface area (Å²) in [7, 11) is -16.7. The first-order valence-electron chi connectivity index (χ1n) is 42.4. The summed E-state index contributed by atoms with van der Waals surface area (Å²) in [4.78, 5) is 59.0. The Balaban J connectivity index is 0.000000133. The molecule has 0 spiro atoms. The Morgan fingerprint density at radius 2 is 0.630 bits per heavy atom. The first-order valence-corrected chi connectivity index (χ1v) is 51.6. The first-order chi connectivity index (χ1) is 70.2. The zero-order valence-corrected chi connectivity index (χ0v) is 81.2. The monoisotopic (exact) mass is 2120 g/mol. The lowest BCUT2D eigenvalue weighted by Crippen LogP contribution is -2.17. The number of thiazole rings is 4. The van der Waals surface area contributed by atoms with Gasteiger partial charge in [0.2, 0.25) is 23.8 Å². The Kier molecular flexibility index (Phi) is 29.8. The van der Waals surface area contributed by atoms with Crippen molar-refractivity contribution in [1.82, 2.24) is 69.8 Å². The lowest BCUT2D eigenvalue weighted by Gasteiger charge is -2.14. The van der Waals surface area contributed by atoms with Crippen molar-refractivity contribution in [3.63, 3.8) is 0 Å². The van der Waals surface area contributed by atoms with Crippen LogP contribution in [-0.4, -0.2) is 111 Å². The molecule has 47 heteroatoms. The number of nitrogen functional groups attached to an aromatic ring is 4. The van der Waals surface area contributed by atoms with Crippen LogP contribution in [0.2, 0.25) is 0 Å². The molecule has 0 aliphatic carbocycles. The summed E-state index contributed by atoms with van der Waals surface area (Å²) in [5.41, 5.74) is 29.7. The number of nitrogens with two attached hydrogens (primary N) is 4. The summed E-state index contributed by atoms with van der Waals surface area (Å²) >= 11 is 5.26. The predicted molar refractivity (Wildman–Crippen MR) is 545 cm³/mol. The number of nitrogens with zero attached hydrogens (tertiary/aromatic N) is 14. The maximum absolute atomic E-state index is 16.0. The number of hydrogen-bond donors (Lipinski definition) is 8. The molecule has 10 aromatic carbocycles. The Hall–Kier alpha value is -17.2. The molecule has 0 amide bonds. The van der Waals surface area contributed by atoms with Crippen LogP contribution in [0.25, 0.3) is 130 Å². The van der Waals surface area contributed by atoms with Gasteiger partial charge in [0.15, 0.2) is 26.3 Å². The van der Waals surface area contributed by atoms with Crippen molar-refractivity contribution in [3.8, 4) is 135 Å². The fourth-order valence-corrected chi connectivity index (χ4v) is 22.9. The molecule has 0 saturated heterocycles. The molecule has 0 aliphatic heterocycles. The van der Waals surface area contributed by atoms with Crippen LogP contribution in [0, 0.1) is 46.5 Å². The van der Waals surface area contributed by atoms with Gasteiger partial charge in [-0.3, -0.25) is 23.9 Å². The smallest absolute Gasteiger partial charge is 0.268 e. The fourth-order valence-electron chi connectivity index (χ4n) is 14.1. The molecule has 0 unspecified atom stereocenters. The molecule has 20 aromatic rings. The van der Waals surface area contributed by atoms with Gasteiger partial charge in [-0.05, 0) is 109 Å². The van der Waals surface area contributed by atoms with E-state index in [1.807, 2.05) is 126 Å². The van der Waals surface area contributed by atoms with Gasteiger partial charge in [-0.15, -0.1) is 45.3 Å². The lowest BCUT2D eigenvalue weighted by atomic mass is 10.1. The van der Waals surface area contributed by atoms with Crippen molar-refractivity contribution in [2.75, 3.05) is 48.9 Å². The third kappa shape index (κ3) is 22.8. The Labute approximate surface area is 842 Å². The number of rotatable bonds is 25. The number of ether oxygens (including phenoxy) is 1. The quantitative estimate of drug-likeness (QED) is 0.0246. The Morgan fingerprint density at radius 3 is 1.04 bits per heavy atom. The highest BCUT2D eigenvalue weighted by Gasteiger charge is 2.33. The molecular formula is C99H68F8N22O9S8. The van der Waals surface area contributed by atoms with Crippen LogP contribution in [0.4, 0.5) is 81.8 Å². The van der Waals surface area contributed by atoms with Gasteiger partial charge in [-0.1, -0.05) is 170 Å². The molecule has 10 aromatic heterocycles. The van der Waals surface area contributed by atoms with Crippen molar-refractivity contribution < 1.29 is 73.5 Å². The number of benzene rings is 10. The zero-order valence-electron chi connectivity index (χ0n) is 74.6. The lowest BCUT2D eigenvalue weighted by molar-refractivity contribution is 0.414. The van der Waals surface area contributed by atoms with E-state index in [0.717, 1.165) is 82.9 Å². The van der Waals surface area contributed by atoms with E-state index in [9.17, 15) is 60.0 Å². The minimum atomic E-state index is -4.88. The SMILES string of the molecule is COc1cc(NS(=O)(=O)c2c(F)cccc2F)c(F)c(-c2nc(-c3ccccc3)sc2-c2ccnc(N)n2)c1.Nc1nccc(-c2sc(-c3ccccc3)nc2-c2cccc(NS(=O)(=O)c3c(F)cccc3F)n2)n1.Nc1nccc(-c2sc(-c3ccccc3)nc2-c2cccc(NS(=O)(=O)c3ccccc3)c2F)n1.Nc1nccc(-c2sc(-c3ccccc3)nc2-c2cncc(NS(=O)(=O)c3c(F)cccc3F)c2)n1. The molecule has 0 saturated carbocycles. The van der Waals surface area contributed by atoms with Gasteiger partial charge in [0, 0.05) is 76.0 Å². The summed E-state index contributed by atoms with van der Waals surface area (Å²) < 4.78 is 233. The second kappa shape index (κ2) is 43.3. The maximum atomic E-state index is 16.0. The third-order valence-electron chi connectivity index (χ3n) is 20.6. The molecule has 12 N–H and O–H groups in total. The predicted octanol–water partition coefficient (Wildman–Crippen LogP) is 21.2. The first kappa shape index (κ1) is 100. The van der Waals surface area contributed by atoms with Crippen molar-refractivity contribution in [1.29, 1.82) is 0 Å². The number of pyridine rings is 2. The molecule has 31 nitrogen and oxygen atoms in total. The highest BCUT2D eigenvalue weighted by atomic mass is 32.2. The molecular weight excluding hydrogens is 2050 g/mol. The molecule has 10 heterocycles. The van der Waals surface area contributed by atoms with Crippen LogP contribution in [0.1, 0.15) is 0 Å². The number of aromatic nitrogens is 14. The normalized spacial score (nSPS) is 11.4. The number of nitrogens with one attached hydrogen (secondary N) is 4. The van der Waals surface area contributed by atoms with Gasteiger partial charge >= 0.3 is 0 Å². The minimum Gasteiger partial charge on any atom is -0.497 e. The maximum Gasteiger partial charge on any atom is 0.268 e. The van der Waals surface area contributed by atoms with Crippen LogP contribution in [-0.2, 0) is 40.1 Å². The van der Waals surface area contributed by atoms with Gasteiger partial charge in [0.1, 0.15) is 72.2 Å². The summed E-state index contributed by atoms with van der Waals surface area (Å²) in [6, 6.07) is 73.0. The van der Waals surface area contributed by atoms with Crippen LogP contribution >= 0.6 is 45.3 Å². The summed E-state index contributed by atoms with van der Waals surface area (Å²) in [5, 5.41) is 2.55. The van der Waals surface area contributed by atoms with E-state index in [1.54, 1.807) is 66.7 Å². The zero-order chi connectivity index (χ0) is 103.